The van der Waals surface area contributed by atoms with E-state index in [2.05, 4.69) is 18.7 Å². The van der Waals surface area contributed by atoms with Crippen molar-refractivity contribution in [1.82, 2.24) is 0 Å². The van der Waals surface area contributed by atoms with Crippen LogP contribution in [0.25, 0.3) is 0 Å². The monoisotopic (exact) mass is 210 g/mol. The van der Waals surface area contributed by atoms with Crippen LogP contribution in [0.15, 0.2) is 24.3 Å². The van der Waals surface area contributed by atoms with Crippen LogP contribution in [0.1, 0.15) is 38.7 Å². The van der Waals surface area contributed by atoms with Gasteiger partial charge in [0.15, 0.2) is 0 Å². The van der Waals surface area contributed by atoms with E-state index in [-0.39, 0.29) is 0 Å². The number of hydrogen-bond donors (Lipinski definition) is 1. The van der Waals surface area contributed by atoms with E-state index in [9.17, 15) is 0 Å². The van der Waals surface area contributed by atoms with Crippen molar-refractivity contribution in [1.29, 1.82) is 0 Å². The summed E-state index contributed by atoms with van der Waals surface area (Å²) < 4.78 is 5.26. The molecule has 1 N–H and O–H groups in total. The molecule has 0 bridgehead atoms. The second kappa shape index (κ2) is 5.73. The van der Waals surface area contributed by atoms with E-state index in [1.807, 2.05) is 24.3 Å². The van der Waals surface area contributed by atoms with Crippen molar-refractivity contribution in [2.45, 2.75) is 39.4 Å². The smallest absolute Gasteiger partial charge is 0.228 e. The normalized spacial score (nSPS) is 14.7. The van der Waals surface area contributed by atoms with Crippen molar-refractivity contribution in [3.63, 3.8) is 0 Å². The topological polar surface area (TPSA) is 38.7 Å². The lowest BCUT2D eigenvalue weighted by atomic mass is 9.99. The summed E-state index contributed by atoms with van der Waals surface area (Å²) in [5.41, 5.74) is 1.29. The van der Waals surface area contributed by atoms with Crippen LogP contribution in [0.4, 0.5) is 0 Å². The van der Waals surface area contributed by atoms with Crippen LogP contribution in [0.3, 0.4) is 0 Å². The fourth-order valence-corrected chi connectivity index (χ4v) is 1.32. The summed E-state index contributed by atoms with van der Waals surface area (Å²) in [7, 11) is 0. The molecule has 1 aromatic rings. The molecule has 0 amide bonds. The van der Waals surface area contributed by atoms with Gasteiger partial charge in [0, 0.05) is 6.92 Å². The van der Waals surface area contributed by atoms with Crippen LogP contribution in [0, 0.1) is 0 Å². The molecule has 0 fully saturated rings. The molecule has 3 nitrogen and oxygen atoms in total. The Morgan fingerprint density at radius 1 is 1.20 bits per heavy atom. The zero-order valence-corrected chi connectivity index (χ0v) is 9.43. The van der Waals surface area contributed by atoms with Gasteiger partial charge in [0.05, 0.1) is 0 Å². The lowest BCUT2D eigenvalue weighted by molar-refractivity contribution is -0.319. The first-order chi connectivity index (χ1) is 7.17. The highest BCUT2D eigenvalue weighted by atomic mass is 17.1. The first-order valence-corrected chi connectivity index (χ1v) is 5.24. The SMILES string of the molecule is CCC(C)c1ccc(OC(C)OO)cc1. The maximum Gasteiger partial charge on any atom is 0.228 e. The standard InChI is InChI=1S/C12H18O3/c1-4-9(2)11-5-7-12(8-6-11)14-10(3)15-13/h5-10,13H,4H2,1-3H3. The molecule has 15 heavy (non-hydrogen) atoms. The molecular formula is C12H18O3. The Kier molecular flexibility index (Phi) is 4.59. The largest absolute Gasteiger partial charge is 0.462 e. The second-order valence-electron chi connectivity index (χ2n) is 3.67. The van der Waals surface area contributed by atoms with Gasteiger partial charge in [0.2, 0.25) is 6.29 Å². The molecule has 2 atom stereocenters. The molecular weight excluding hydrogens is 192 g/mol. The van der Waals surface area contributed by atoms with Crippen molar-refractivity contribution in [3.8, 4) is 5.75 Å². The first kappa shape index (κ1) is 12.0. The molecule has 1 aromatic carbocycles. The Labute approximate surface area is 90.6 Å². The van der Waals surface area contributed by atoms with Crippen LogP contribution in [-0.2, 0) is 4.89 Å². The van der Waals surface area contributed by atoms with E-state index >= 15 is 0 Å². The minimum absolute atomic E-state index is 0.561. The Bertz CT molecular complexity index is 281. The molecule has 0 aliphatic rings. The summed E-state index contributed by atoms with van der Waals surface area (Å²) in [5, 5.41) is 8.35. The van der Waals surface area contributed by atoms with Crippen LogP contribution >= 0.6 is 0 Å². The molecule has 0 heterocycles. The minimum Gasteiger partial charge on any atom is -0.462 e. The molecule has 0 spiro atoms. The van der Waals surface area contributed by atoms with Crippen LogP contribution in [0.2, 0.25) is 0 Å². The van der Waals surface area contributed by atoms with Gasteiger partial charge in [-0.1, -0.05) is 26.0 Å². The van der Waals surface area contributed by atoms with E-state index in [0.29, 0.717) is 11.7 Å². The summed E-state index contributed by atoms with van der Waals surface area (Å²) in [6, 6.07) is 7.84. The van der Waals surface area contributed by atoms with Gasteiger partial charge in [0.25, 0.3) is 0 Å². The molecule has 0 aliphatic carbocycles. The number of benzene rings is 1. The number of ether oxygens (including phenoxy) is 1. The highest BCUT2D eigenvalue weighted by Crippen LogP contribution is 2.21. The lowest BCUT2D eigenvalue weighted by Crippen LogP contribution is -2.13. The maximum absolute atomic E-state index is 8.35. The van der Waals surface area contributed by atoms with Gasteiger partial charge >= 0.3 is 0 Å². The summed E-state index contributed by atoms with van der Waals surface area (Å²) in [6.07, 6.45) is 0.482. The van der Waals surface area contributed by atoms with E-state index in [4.69, 9.17) is 9.99 Å². The van der Waals surface area contributed by atoms with Crippen molar-refractivity contribution in [2.24, 2.45) is 0 Å². The van der Waals surface area contributed by atoms with Crippen molar-refractivity contribution < 1.29 is 14.9 Å². The summed E-state index contributed by atoms with van der Waals surface area (Å²) in [5.74, 6) is 1.26. The second-order valence-corrected chi connectivity index (χ2v) is 3.67. The van der Waals surface area contributed by atoms with Gasteiger partial charge in [-0.15, -0.1) is 0 Å². The van der Waals surface area contributed by atoms with E-state index in [1.54, 1.807) is 6.92 Å². The molecule has 0 saturated carbocycles. The maximum atomic E-state index is 8.35. The Hall–Kier alpha value is -1.06. The highest BCUT2D eigenvalue weighted by molar-refractivity contribution is 5.29. The zero-order chi connectivity index (χ0) is 11.3. The summed E-state index contributed by atoms with van der Waals surface area (Å²) in [4.78, 5) is 4.03. The number of rotatable bonds is 5. The Morgan fingerprint density at radius 3 is 2.27 bits per heavy atom. The molecule has 1 rings (SSSR count). The third kappa shape index (κ3) is 3.53. The van der Waals surface area contributed by atoms with Gasteiger partial charge in [-0.05, 0) is 30.0 Å². The Balaban J connectivity index is 2.64. The molecule has 0 saturated heterocycles. The third-order valence-electron chi connectivity index (χ3n) is 2.51. The van der Waals surface area contributed by atoms with Crippen molar-refractivity contribution in [2.75, 3.05) is 0 Å². The van der Waals surface area contributed by atoms with Gasteiger partial charge in [-0.2, -0.15) is 4.89 Å². The fourth-order valence-electron chi connectivity index (χ4n) is 1.32. The van der Waals surface area contributed by atoms with Gasteiger partial charge in [-0.3, -0.25) is 0 Å². The predicted octanol–water partition coefficient (Wildman–Crippen LogP) is 3.41. The van der Waals surface area contributed by atoms with E-state index in [0.717, 1.165) is 6.42 Å². The van der Waals surface area contributed by atoms with Crippen molar-refractivity contribution >= 4 is 0 Å². The Morgan fingerprint density at radius 2 is 1.80 bits per heavy atom. The average Bonchev–Trinajstić information content (AvgIpc) is 2.29. The quantitative estimate of drug-likeness (QED) is 0.460. The summed E-state index contributed by atoms with van der Waals surface area (Å²) >= 11 is 0. The predicted molar refractivity (Wildman–Crippen MR) is 59.0 cm³/mol. The van der Waals surface area contributed by atoms with Gasteiger partial charge in [0.1, 0.15) is 5.75 Å². The van der Waals surface area contributed by atoms with Crippen molar-refractivity contribution in [3.05, 3.63) is 29.8 Å². The fraction of sp³-hybridized carbons (Fsp3) is 0.500. The van der Waals surface area contributed by atoms with E-state index < -0.39 is 6.29 Å². The zero-order valence-electron chi connectivity index (χ0n) is 9.43. The highest BCUT2D eigenvalue weighted by Gasteiger charge is 2.05. The van der Waals surface area contributed by atoms with Gasteiger partial charge in [-0.25, -0.2) is 5.26 Å². The van der Waals surface area contributed by atoms with Crippen LogP contribution < -0.4 is 4.74 Å². The minimum atomic E-state index is -0.639. The number of hydrogen-bond acceptors (Lipinski definition) is 3. The lowest BCUT2D eigenvalue weighted by Gasteiger charge is -2.13. The van der Waals surface area contributed by atoms with E-state index in [1.165, 1.54) is 5.56 Å². The molecule has 0 radical (unpaired) electrons. The van der Waals surface area contributed by atoms with Crippen LogP contribution in [-0.4, -0.2) is 11.5 Å². The molecule has 0 aromatic heterocycles. The average molecular weight is 210 g/mol. The molecule has 2 unspecified atom stereocenters. The molecule has 84 valence electrons. The third-order valence-corrected chi connectivity index (χ3v) is 2.51. The summed E-state index contributed by atoms with van der Waals surface area (Å²) in [6.45, 7) is 5.98. The first-order valence-electron chi connectivity index (χ1n) is 5.24. The van der Waals surface area contributed by atoms with Gasteiger partial charge < -0.3 is 4.74 Å². The molecule has 0 aliphatic heterocycles. The van der Waals surface area contributed by atoms with Crippen LogP contribution in [0.5, 0.6) is 5.75 Å². The molecule has 3 heteroatoms.